The molecule has 1 saturated heterocycles. The van der Waals surface area contributed by atoms with Gasteiger partial charge in [-0.25, -0.2) is 4.98 Å². The quantitative estimate of drug-likeness (QED) is 0.801. The summed E-state index contributed by atoms with van der Waals surface area (Å²) in [4.78, 5) is 20.8. The Bertz CT molecular complexity index is 710. The minimum Gasteiger partial charge on any atom is -0.352 e. The second-order valence-corrected chi connectivity index (χ2v) is 6.41. The topological polar surface area (TPSA) is 36.4 Å². The van der Waals surface area contributed by atoms with Crippen LogP contribution in [0.2, 0.25) is 15.1 Å². The van der Waals surface area contributed by atoms with E-state index in [0.717, 1.165) is 5.82 Å². The minimum atomic E-state index is -0.146. The molecule has 23 heavy (non-hydrogen) atoms. The number of benzene rings is 1. The molecule has 0 N–H and O–H groups in total. The number of rotatable bonds is 2. The van der Waals surface area contributed by atoms with Crippen molar-refractivity contribution in [3.63, 3.8) is 0 Å². The number of amides is 1. The second-order valence-electron chi connectivity index (χ2n) is 5.18. The van der Waals surface area contributed by atoms with Crippen molar-refractivity contribution >= 4 is 46.5 Å². The number of nitrogens with zero attached hydrogens (tertiary/aromatic N) is 3. The van der Waals surface area contributed by atoms with Crippen molar-refractivity contribution in [1.29, 1.82) is 0 Å². The van der Waals surface area contributed by atoms with Gasteiger partial charge < -0.3 is 9.80 Å². The van der Waals surface area contributed by atoms with Crippen molar-refractivity contribution in [3.05, 3.63) is 57.2 Å². The third-order valence-corrected chi connectivity index (χ3v) is 4.71. The van der Waals surface area contributed by atoms with Gasteiger partial charge in [0.25, 0.3) is 5.91 Å². The third kappa shape index (κ3) is 3.39. The summed E-state index contributed by atoms with van der Waals surface area (Å²) in [6, 6.07) is 8.67. The molecule has 7 heteroatoms. The molecule has 0 spiro atoms. The normalized spacial score (nSPS) is 14.9. The van der Waals surface area contributed by atoms with Crippen LogP contribution in [0.1, 0.15) is 10.4 Å². The van der Waals surface area contributed by atoms with Crippen molar-refractivity contribution < 1.29 is 4.79 Å². The second kappa shape index (κ2) is 6.95. The molecule has 1 amide bonds. The van der Waals surface area contributed by atoms with Crippen LogP contribution in [-0.2, 0) is 0 Å². The summed E-state index contributed by atoms with van der Waals surface area (Å²) in [5.41, 5.74) is 0.361. The van der Waals surface area contributed by atoms with Crippen molar-refractivity contribution in [3.8, 4) is 0 Å². The monoisotopic (exact) mass is 369 g/mol. The van der Waals surface area contributed by atoms with Crippen LogP contribution in [0.25, 0.3) is 0 Å². The molecular formula is C16H14Cl3N3O. The Morgan fingerprint density at radius 2 is 1.52 bits per heavy atom. The molecule has 0 saturated carbocycles. The molecule has 1 aliphatic rings. The van der Waals surface area contributed by atoms with Crippen molar-refractivity contribution in [2.24, 2.45) is 0 Å². The van der Waals surface area contributed by atoms with E-state index in [1.165, 1.54) is 0 Å². The minimum absolute atomic E-state index is 0.146. The Kier molecular flexibility index (Phi) is 4.95. The van der Waals surface area contributed by atoms with Gasteiger partial charge in [0.1, 0.15) is 5.82 Å². The molecule has 0 unspecified atom stereocenters. The van der Waals surface area contributed by atoms with Crippen LogP contribution >= 0.6 is 34.8 Å². The summed E-state index contributed by atoms with van der Waals surface area (Å²) in [5, 5.41) is 1.36. The molecule has 120 valence electrons. The van der Waals surface area contributed by atoms with Crippen LogP contribution in [-0.4, -0.2) is 42.0 Å². The zero-order chi connectivity index (χ0) is 16.4. The van der Waals surface area contributed by atoms with Gasteiger partial charge in [-0.2, -0.15) is 0 Å². The van der Waals surface area contributed by atoms with E-state index < -0.39 is 0 Å². The highest BCUT2D eigenvalue weighted by Crippen LogP contribution is 2.27. The molecule has 1 fully saturated rings. The van der Waals surface area contributed by atoms with E-state index in [-0.39, 0.29) is 5.91 Å². The molecule has 3 rings (SSSR count). The van der Waals surface area contributed by atoms with Gasteiger partial charge in [0.05, 0.1) is 20.6 Å². The van der Waals surface area contributed by atoms with Gasteiger partial charge >= 0.3 is 0 Å². The molecule has 2 aromatic rings. The average Bonchev–Trinajstić information content (AvgIpc) is 2.55. The highest BCUT2D eigenvalue weighted by atomic mass is 35.5. The lowest BCUT2D eigenvalue weighted by atomic mass is 10.1. The SMILES string of the molecule is O=C(c1c(Cl)cccc1Cl)N1CCN(c2ncccc2Cl)CC1. The fraction of sp³-hybridized carbons (Fsp3) is 0.250. The lowest BCUT2D eigenvalue weighted by molar-refractivity contribution is 0.0747. The van der Waals surface area contributed by atoms with Crippen LogP contribution in [0.4, 0.5) is 5.82 Å². The van der Waals surface area contributed by atoms with Gasteiger partial charge in [0.15, 0.2) is 0 Å². The standard InChI is InChI=1S/C16H14Cl3N3O/c17-11-3-1-4-12(18)14(11)16(23)22-9-7-21(8-10-22)15-13(19)5-2-6-20-15/h1-6H,7-10H2. The van der Waals surface area contributed by atoms with Crippen LogP contribution in [0.15, 0.2) is 36.5 Å². The van der Waals surface area contributed by atoms with E-state index in [1.54, 1.807) is 35.4 Å². The molecule has 4 nitrogen and oxygen atoms in total. The lowest BCUT2D eigenvalue weighted by Gasteiger charge is -2.36. The van der Waals surface area contributed by atoms with Crippen molar-refractivity contribution in [2.75, 3.05) is 31.1 Å². The van der Waals surface area contributed by atoms with Crippen LogP contribution in [0, 0.1) is 0 Å². The maximum atomic E-state index is 12.6. The Labute approximate surface area is 149 Å². The van der Waals surface area contributed by atoms with Crippen LogP contribution < -0.4 is 4.90 Å². The molecule has 1 aromatic heterocycles. The zero-order valence-corrected chi connectivity index (χ0v) is 14.4. The number of piperazine rings is 1. The highest BCUT2D eigenvalue weighted by molar-refractivity contribution is 6.39. The summed E-state index contributed by atoms with van der Waals surface area (Å²) < 4.78 is 0. The third-order valence-electron chi connectivity index (χ3n) is 3.78. The first-order chi connectivity index (χ1) is 11.1. The molecule has 0 radical (unpaired) electrons. The number of anilines is 1. The lowest BCUT2D eigenvalue weighted by Crippen LogP contribution is -2.49. The van der Waals surface area contributed by atoms with Gasteiger partial charge in [-0.05, 0) is 24.3 Å². The summed E-state index contributed by atoms with van der Waals surface area (Å²) in [6.45, 7) is 2.44. The summed E-state index contributed by atoms with van der Waals surface area (Å²) >= 11 is 18.4. The number of hydrogen-bond acceptors (Lipinski definition) is 3. The molecular weight excluding hydrogens is 357 g/mol. The van der Waals surface area contributed by atoms with Crippen molar-refractivity contribution in [1.82, 2.24) is 9.88 Å². The van der Waals surface area contributed by atoms with E-state index in [9.17, 15) is 4.79 Å². The number of halogens is 3. The fourth-order valence-corrected chi connectivity index (χ4v) is 3.39. The first kappa shape index (κ1) is 16.4. The number of carbonyl (C=O) groups excluding carboxylic acids is 1. The number of carbonyl (C=O) groups is 1. The van der Waals surface area contributed by atoms with Gasteiger partial charge in [0.2, 0.25) is 0 Å². The van der Waals surface area contributed by atoms with E-state index in [1.807, 2.05) is 6.07 Å². The summed E-state index contributed by atoms with van der Waals surface area (Å²) in [6.07, 6.45) is 1.71. The molecule has 1 aliphatic heterocycles. The molecule has 1 aromatic carbocycles. The van der Waals surface area contributed by atoms with E-state index in [0.29, 0.717) is 46.8 Å². The van der Waals surface area contributed by atoms with Gasteiger partial charge in [-0.15, -0.1) is 0 Å². The Balaban J connectivity index is 1.72. The average molecular weight is 371 g/mol. The molecule has 0 aliphatic carbocycles. The highest BCUT2D eigenvalue weighted by Gasteiger charge is 2.26. The Hall–Kier alpha value is -1.49. The smallest absolute Gasteiger partial charge is 0.257 e. The predicted molar refractivity (Wildman–Crippen MR) is 93.8 cm³/mol. The first-order valence-corrected chi connectivity index (χ1v) is 8.30. The van der Waals surface area contributed by atoms with E-state index in [4.69, 9.17) is 34.8 Å². The van der Waals surface area contributed by atoms with E-state index in [2.05, 4.69) is 9.88 Å². The Morgan fingerprint density at radius 1 is 0.913 bits per heavy atom. The number of hydrogen-bond donors (Lipinski definition) is 0. The maximum Gasteiger partial charge on any atom is 0.257 e. The molecule has 0 atom stereocenters. The number of aromatic nitrogens is 1. The summed E-state index contributed by atoms with van der Waals surface area (Å²) in [5.74, 6) is 0.601. The largest absolute Gasteiger partial charge is 0.352 e. The predicted octanol–water partition coefficient (Wildman–Crippen LogP) is 4.00. The van der Waals surface area contributed by atoms with Crippen LogP contribution in [0.5, 0.6) is 0 Å². The van der Waals surface area contributed by atoms with E-state index >= 15 is 0 Å². The molecule has 0 bridgehead atoms. The zero-order valence-electron chi connectivity index (χ0n) is 12.2. The van der Waals surface area contributed by atoms with Gasteiger partial charge in [0, 0.05) is 32.4 Å². The van der Waals surface area contributed by atoms with Crippen LogP contribution in [0.3, 0.4) is 0 Å². The van der Waals surface area contributed by atoms with Gasteiger partial charge in [-0.1, -0.05) is 40.9 Å². The Morgan fingerprint density at radius 3 is 2.13 bits per heavy atom. The maximum absolute atomic E-state index is 12.6. The van der Waals surface area contributed by atoms with Crippen molar-refractivity contribution in [2.45, 2.75) is 0 Å². The van der Waals surface area contributed by atoms with Gasteiger partial charge in [-0.3, -0.25) is 4.79 Å². The molecule has 2 heterocycles. The first-order valence-electron chi connectivity index (χ1n) is 7.16. The summed E-state index contributed by atoms with van der Waals surface area (Å²) in [7, 11) is 0. The number of pyridine rings is 1. The fourth-order valence-electron chi connectivity index (χ4n) is 2.59.